The predicted octanol–water partition coefficient (Wildman–Crippen LogP) is -1.69. The maximum atomic E-state index is 11.3. The van der Waals surface area contributed by atoms with E-state index >= 15 is 0 Å². The first-order chi connectivity index (χ1) is 17.5. The fourth-order valence-corrected chi connectivity index (χ4v) is 9.94. The van der Waals surface area contributed by atoms with E-state index < -0.39 is 33.0 Å². The number of aliphatic hydroxyl groups is 1. The summed E-state index contributed by atoms with van der Waals surface area (Å²) < 4.78 is 77.0. The van der Waals surface area contributed by atoms with Crippen LogP contribution in [-0.4, -0.2) is 49.9 Å². The van der Waals surface area contributed by atoms with E-state index in [1.807, 2.05) is 0 Å². The van der Waals surface area contributed by atoms with Crippen LogP contribution in [-0.2, 0) is 29.2 Å². The number of fused-ring (bicyclic) bond motifs is 5. The van der Waals surface area contributed by atoms with Crippen LogP contribution in [0, 0.1) is 46.3 Å². The molecule has 0 spiro atoms. The van der Waals surface area contributed by atoms with Gasteiger partial charge in [-0.1, -0.05) is 52.2 Å². The third kappa shape index (κ3) is 8.37. The SMILES string of the molecule is CC(C)CCC[C@@H](COS(=O)(=O)[O-])[C@H]1CC[C@H]2[C@@H]3CC=C4C[C@H](OS(=O)(=O)[O-])[C@@H](O)C[C@]4(C)[C@H]3CC[C@]12C.[Na+].[Na+]. The van der Waals surface area contributed by atoms with Crippen molar-refractivity contribution in [1.82, 2.24) is 0 Å². The minimum absolute atomic E-state index is 0. The molecule has 3 fully saturated rings. The van der Waals surface area contributed by atoms with Crippen LogP contribution < -0.4 is 59.1 Å². The Kier molecular flexibility index (Phi) is 13.4. The Bertz CT molecular complexity index is 1110. The van der Waals surface area contributed by atoms with Crippen LogP contribution in [0.4, 0.5) is 0 Å². The normalized spacial score (nSPS) is 38.2. The van der Waals surface area contributed by atoms with Crippen molar-refractivity contribution in [2.24, 2.45) is 46.3 Å². The van der Waals surface area contributed by atoms with E-state index in [0.29, 0.717) is 30.1 Å². The van der Waals surface area contributed by atoms with E-state index in [1.54, 1.807) is 0 Å². The fourth-order valence-electron chi connectivity index (χ4n) is 9.10. The number of hydrogen-bond donors (Lipinski definition) is 1. The summed E-state index contributed by atoms with van der Waals surface area (Å²) in [6.45, 7) is 8.79. The van der Waals surface area contributed by atoms with Crippen LogP contribution in [0.1, 0.15) is 91.9 Å². The van der Waals surface area contributed by atoms with E-state index in [2.05, 4.69) is 38.0 Å². The molecule has 0 aliphatic heterocycles. The van der Waals surface area contributed by atoms with Crippen LogP contribution in [0.5, 0.6) is 0 Å². The minimum Gasteiger partial charge on any atom is -0.726 e. The molecular weight excluding hydrogens is 578 g/mol. The molecule has 0 aromatic rings. The molecule has 9 atom stereocenters. The minimum atomic E-state index is -4.90. The Hall–Kier alpha value is 1.44. The van der Waals surface area contributed by atoms with Crippen molar-refractivity contribution in [1.29, 1.82) is 0 Å². The maximum absolute atomic E-state index is 11.3. The van der Waals surface area contributed by atoms with E-state index in [0.717, 1.165) is 56.9 Å². The topological polar surface area (TPSA) is 153 Å². The summed E-state index contributed by atoms with van der Waals surface area (Å²) in [4.78, 5) is 0. The van der Waals surface area contributed by atoms with Crippen molar-refractivity contribution in [3.05, 3.63) is 11.6 Å². The summed E-state index contributed by atoms with van der Waals surface area (Å²) in [6.07, 6.45) is 8.39. The average molecular weight is 623 g/mol. The van der Waals surface area contributed by atoms with Crippen molar-refractivity contribution < 1.29 is 98.5 Å². The molecule has 13 heteroatoms. The second-order valence-electron chi connectivity index (χ2n) is 13.3. The van der Waals surface area contributed by atoms with E-state index in [4.69, 9.17) is 4.18 Å². The quantitative estimate of drug-likeness (QED) is 0.130. The monoisotopic (exact) mass is 622 g/mol. The van der Waals surface area contributed by atoms with Crippen LogP contribution in [0.2, 0.25) is 0 Å². The van der Waals surface area contributed by atoms with Gasteiger partial charge in [-0.3, -0.25) is 8.37 Å². The largest absolute Gasteiger partial charge is 1.00 e. The molecule has 0 unspecified atom stereocenters. The molecule has 0 amide bonds. The summed E-state index contributed by atoms with van der Waals surface area (Å²) >= 11 is 0. The molecular formula is C27H44Na2O9S2. The first-order valence-electron chi connectivity index (χ1n) is 14.2. The Morgan fingerprint density at radius 1 is 1.02 bits per heavy atom. The van der Waals surface area contributed by atoms with Gasteiger partial charge in [0.05, 0.1) is 12.7 Å². The van der Waals surface area contributed by atoms with Gasteiger partial charge in [0.1, 0.15) is 6.10 Å². The first kappa shape index (κ1) is 37.6. The molecule has 4 aliphatic carbocycles. The Labute approximate surface area is 285 Å². The predicted molar refractivity (Wildman–Crippen MR) is 139 cm³/mol. The molecule has 0 aromatic carbocycles. The van der Waals surface area contributed by atoms with Gasteiger partial charge in [-0.15, -0.1) is 0 Å². The second kappa shape index (κ2) is 14.3. The van der Waals surface area contributed by atoms with Gasteiger partial charge in [-0.25, -0.2) is 16.8 Å². The van der Waals surface area contributed by atoms with Crippen molar-refractivity contribution in [2.75, 3.05) is 6.61 Å². The van der Waals surface area contributed by atoms with Crippen molar-refractivity contribution >= 4 is 20.8 Å². The Morgan fingerprint density at radius 2 is 1.70 bits per heavy atom. The van der Waals surface area contributed by atoms with Gasteiger partial charge in [-0.05, 0) is 97.7 Å². The van der Waals surface area contributed by atoms with Crippen molar-refractivity contribution in [3.63, 3.8) is 0 Å². The van der Waals surface area contributed by atoms with Gasteiger partial charge in [0.2, 0.25) is 20.8 Å². The van der Waals surface area contributed by atoms with Crippen LogP contribution in [0.25, 0.3) is 0 Å². The van der Waals surface area contributed by atoms with Crippen LogP contribution in [0.3, 0.4) is 0 Å². The zero-order chi connectivity index (χ0) is 28.1. The average Bonchev–Trinajstić information content (AvgIpc) is 3.12. The number of aliphatic hydroxyl groups excluding tert-OH is 1. The Balaban J connectivity index is 0.00000280. The molecule has 0 saturated heterocycles. The summed E-state index contributed by atoms with van der Waals surface area (Å²) in [6, 6.07) is 0. The molecule has 40 heavy (non-hydrogen) atoms. The van der Waals surface area contributed by atoms with Gasteiger partial charge in [-0.2, -0.15) is 0 Å². The third-order valence-electron chi connectivity index (χ3n) is 10.8. The molecule has 0 bridgehead atoms. The molecule has 4 aliphatic rings. The van der Waals surface area contributed by atoms with Gasteiger partial charge >= 0.3 is 59.1 Å². The molecule has 3 saturated carbocycles. The van der Waals surface area contributed by atoms with E-state index in [1.165, 1.54) is 0 Å². The third-order valence-corrected chi connectivity index (χ3v) is 11.7. The van der Waals surface area contributed by atoms with Gasteiger partial charge < -0.3 is 14.2 Å². The zero-order valence-electron chi connectivity index (χ0n) is 25.0. The number of hydrogen-bond acceptors (Lipinski definition) is 9. The van der Waals surface area contributed by atoms with Crippen LogP contribution >= 0.6 is 0 Å². The summed E-state index contributed by atoms with van der Waals surface area (Å²) in [7, 11) is -9.65. The van der Waals surface area contributed by atoms with Gasteiger partial charge in [0.25, 0.3) is 0 Å². The van der Waals surface area contributed by atoms with E-state index in [9.17, 15) is 31.0 Å². The molecule has 0 aromatic heterocycles. The fraction of sp³-hybridized carbons (Fsp3) is 0.926. The maximum Gasteiger partial charge on any atom is 1.00 e. The smallest absolute Gasteiger partial charge is 0.726 e. The summed E-state index contributed by atoms with van der Waals surface area (Å²) in [5, 5.41) is 10.8. The van der Waals surface area contributed by atoms with Gasteiger partial charge in [0, 0.05) is 0 Å². The Morgan fingerprint density at radius 3 is 2.30 bits per heavy atom. The van der Waals surface area contributed by atoms with Gasteiger partial charge in [0.15, 0.2) is 0 Å². The van der Waals surface area contributed by atoms with E-state index in [-0.39, 0.29) is 94.8 Å². The first-order valence-corrected chi connectivity index (χ1v) is 16.8. The van der Waals surface area contributed by atoms with Crippen molar-refractivity contribution in [3.8, 4) is 0 Å². The summed E-state index contributed by atoms with van der Waals surface area (Å²) in [5.41, 5.74) is 0.804. The molecule has 220 valence electrons. The molecule has 4 rings (SSSR count). The standard InChI is InChI=1S/C27H46O9S2.2Na/c1-17(2)6-5-7-18(16-35-37(29,30)31)21-10-11-22-20-9-8-19-14-25(36-38(32,33)34)24(28)15-27(19,4)23(20)12-13-26(21,22)3;;/h8,17-18,20-25,28H,5-7,9-16H2,1-4H3,(H,29,30,31)(H,32,33,34);;/q;2*+1/p-2/t18-,20-,21+,22-,23-,24-,25-,26+,27-;;/m0../s1. The molecule has 0 radical (unpaired) electrons. The summed E-state index contributed by atoms with van der Waals surface area (Å²) in [5.74, 6) is 2.01. The number of rotatable bonds is 10. The molecule has 1 N–H and O–H groups in total. The zero-order valence-corrected chi connectivity index (χ0v) is 30.6. The second-order valence-corrected chi connectivity index (χ2v) is 15.3. The molecule has 9 nitrogen and oxygen atoms in total. The molecule has 0 heterocycles. The van der Waals surface area contributed by atoms with Crippen molar-refractivity contribution in [2.45, 2.75) is 104 Å². The number of allylic oxidation sites excluding steroid dienone is 1. The van der Waals surface area contributed by atoms with Crippen LogP contribution in [0.15, 0.2) is 11.6 Å².